The van der Waals surface area contributed by atoms with Crippen molar-refractivity contribution in [2.75, 3.05) is 13.2 Å². The summed E-state index contributed by atoms with van der Waals surface area (Å²) in [7, 11) is 0. The van der Waals surface area contributed by atoms with Gasteiger partial charge in [-0.05, 0) is 13.3 Å². The fraction of sp³-hybridized carbons (Fsp3) is 0.692. The molecule has 2 aliphatic rings. The van der Waals surface area contributed by atoms with E-state index in [0.717, 1.165) is 0 Å². The number of carbonyl (C=O) groups is 2. The lowest BCUT2D eigenvalue weighted by Crippen LogP contribution is -2.90. The molecule has 6 nitrogen and oxygen atoms in total. The fourth-order valence-electron chi connectivity index (χ4n) is 2.60. The van der Waals surface area contributed by atoms with Crippen molar-refractivity contribution in [3.63, 3.8) is 0 Å². The maximum absolute atomic E-state index is 12.1. The van der Waals surface area contributed by atoms with E-state index < -0.39 is 17.6 Å². The molecule has 1 aliphatic carbocycles. The summed E-state index contributed by atoms with van der Waals surface area (Å²) in [6, 6.07) is -0.327. The normalized spacial score (nSPS) is 36.6. The van der Waals surface area contributed by atoms with Gasteiger partial charge in [0.15, 0.2) is 6.04 Å². The molecule has 2 fully saturated rings. The summed E-state index contributed by atoms with van der Waals surface area (Å²) >= 11 is 0. The first-order chi connectivity index (χ1) is 9.03. The van der Waals surface area contributed by atoms with E-state index in [4.69, 9.17) is 4.74 Å². The van der Waals surface area contributed by atoms with Crippen molar-refractivity contribution in [3.05, 3.63) is 12.7 Å². The first-order valence-electron chi connectivity index (χ1n) is 6.66. The van der Waals surface area contributed by atoms with E-state index in [-0.39, 0.29) is 24.5 Å². The Hall–Kier alpha value is -1.40. The third-order valence-electron chi connectivity index (χ3n) is 3.84. The number of carbonyl (C=O) groups excluding carboxylic acids is 2. The molecule has 0 bridgehead atoms. The van der Waals surface area contributed by atoms with Crippen molar-refractivity contribution in [2.45, 2.75) is 37.5 Å². The molecule has 1 heterocycles. The third kappa shape index (κ3) is 2.64. The van der Waals surface area contributed by atoms with Crippen molar-refractivity contribution in [1.29, 1.82) is 0 Å². The molecule has 106 valence electrons. The lowest BCUT2D eigenvalue weighted by Gasteiger charge is -2.18. The predicted molar refractivity (Wildman–Crippen MR) is 67.0 cm³/mol. The van der Waals surface area contributed by atoms with Crippen LogP contribution >= 0.6 is 0 Å². The van der Waals surface area contributed by atoms with E-state index in [1.54, 1.807) is 18.3 Å². The predicted octanol–water partition coefficient (Wildman–Crippen LogP) is -1.69. The summed E-state index contributed by atoms with van der Waals surface area (Å²) in [5.74, 6) is -0.678. The number of amides is 1. The highest BCUT2D eigenvalue weighted by molar-refractivity contribution is 5.93. The van der Waals surface area contributed by atoms with Gasteiger partial charge < -0.3 is 20.5 Å². The second-order valence-corrected chi connectivity index (χ2v) is 5.19. The molecule has 0 spiro atoms. The number of aliphatic hydroxyl groups is 1. The first-order valence-corrected chi connectivity index (χ1v) is 6.66. The van der Waals surface area contributed by atoms with Gasteiger partial charge in [0.2, 0.25) is 0 Å². The van der Waals surface area contributed by atoms with E-state index >= 15 is 0 Å². The molecule has 0 unspecified atom stereocenters. The summed E-state index contributed by atoms with van der Waals surface area (Å²) in [5.41, 5.74) is -0.934. The van der Waals surface area contributed by atoms with Crippen LogP contribution in [-0.2, 0) is 14.3 Å². The van der Waals surface area contributed by atoms with Crippen molar-refractivity contribution in [2.24, 2.45) is 5.92 Å². The van der Waals surface area contributed by atoms with E-state index in [0.29, 0.717) is 19.4 Å². The molecule has 4 N–H and O–H groups in total. The molecule has 6 heteroatoms. The van der Waals surface area contributed by atoms with E-state index in [1.165, 1.54) is 0 Å². The second-order valence-electron chi connectivity index (χ2n) is 5.19. The fourth-order valence-corrected chi connectivity index (χ4v) is 2.60. The zero-order chi connectivity index (χ0) is 14.0. The Morgan fingerprint density at radius 3 is 2.84 bits per heavy atom. The van der Waals surface area contributed by atoms with Gasteiger partial charge in [-0.15, -0.1) is 6.58 Å². The van der Waals surface area contributed by atoms with Gasteiger partial charge in [0.25, 0.3) is 5.91 Å². The zero-order valence-corrected chi connectivity index (χ0v) is 11.1. The van der Waals surface area contributed by atoms with Crippen molar-refractivity contribution < 1.29 is 24.7 Å². The molecule has 2 rings (SSSR count). The summed E-state index contributed by atoms with van der Waals surface area (Å²) in [6.45, 7) is 6.22. The lowest BCUT2D eigenvalue weighted by molar-refractivity contribution is -0.659. The molecule has 19 heavy (non-hydrogen) atoms. The van der Waals surface area contributed by atoms with Gasteiger partial charge in [-0.2, -0.15) is 0 Å². The minimum atomic E-state index is -0.934. The first kappa shape index (κ1) is 14.0. The Morgan fingerprint density at radius 2 is 2.37 bits per heavy atom. The van der Waals surface area contributed by atoms with E-state index in [1.807, 2.05) is 0 Å². The minimum Gasteiger partial charge on any atom is -0.464 e. The number of rotatable bonds is 5. The van der Waals surface area contributed by atoms with Crippen molar-refractivity contribution >= 4 is 11.9 Å². The maximum atomic E-state index is 12.1. The molecule has 0 aromatic rings. The number of aliphatic hydroxyl groups excluding tert-OH is 1. The largest absolute Gasteiger partial charge is 0.464 e. The molecule has 1 aliphatic heterocycles. The average Bonchev–Trinajstić information content (AvgIpc) is 2.92. The third-order valence-corrected chi connectivity index (χ3v) is 3.84. The number of nitrogens with two attached hydrogens (primary N) is 1. The van der Waals surface area contributed by atoms with Crippen LogP contribution in [0.2, 0.25) is 0 Å². The summed E-state index contributed by atoms with van der Waals surface area (Å²) in [4.78, 5) is 24.1. The van der Waals surface area contributed by atoms with Gasteiger partial charge in [-0.25, -0.2) is 4.79 Å². The maximum Gasteiger partial charge on any atom is 0.332 e. The van der Waals surface area contributed by atoms with Gasteiger partial charge >= 0.3 is 5.97 Å². The van der Waals surface area contributed by atoms with Crippen LogP contribution in [0.25, 0.3) is 0 Å². The van der Waals surface area contributed by atoms with Crippen LogP contribution in [-0.4, -0.2) is 47.8 Å². The van der Waals surface area contributed by atoms with Gasteiger partial charge in [0.1, 0.15) is 18.2 Å². The van der Waals surface area contributed by atoms with Crippen LogP contribution in [0.15, 0.2) is 12.7 Å². The molecular formula is C13H21N2O4+. The number of quaternary nitrogens is 1. The SMILES string of the molecule is C=C[C@@H]1C[C@]1(NC(=O)[C@@H]1C[C@@H](O)C[NH2+]1)C(=O)OCC. The number of ether oxygens (including phenoxy) is 1. The number of hydrogen-bond acceptors (Lipinski definition) is 4. The minimum absolute atomic E-state index is 0.0678. The highest BCUT2D eigenvalue weighted by atomic mass is 16.5. The molecular weight excluding hydrogens is 248 g/mol. The molecule has 4 atom stereocenters. The highest BCUT2D eigenvalue weighted by Gasteiger charge is 2.61. The summed E-state index contributed by atoms with van der Waals surface area (Å²) in [5, 5.41) is 14.0. The Kier molecular flexibility index (Phi) is 3.91. The summed E-state index contributed by atoms with van der Waals surface area (Å²) < 4.78 is 5.02. The number of hydrogen-bond donors (Lipinski definition) is 3. The van der Waals surface area contributed by atoms with Crippen molar-refractivity contribution in [1.82, 2.24) is 5.32 Å². The summed E-state index contributed by atoms with van der Waals surface area (Å²) in [6.07, 6.45) is 2.17. The van der Waals surface area contributed by atoms with E-state index in [9.17, 15) is 14.7 Å². The van der Waals surface area contributed by atoms with Crippen LogP contribution < -0.4 is 10.6 Å². The molecule has 0 radical (unpaired) electrons. The average molecular weight is 269 g/mol. The van der Waals surface area contributed by atoms with Gasteiger partial charge in [0.05, 0.1) is 6.61 Å². The monoisotopic (exact) mass is 269 g/mol. The number of esters is 1. The molecule has 0 aromatic heterocycles. The standard InChI is InChI=1S/C13H20N2O4/c1-3-8-6-13(8,12(18)19-4-2)15-11(17)10-5-9(16)7-14-10/h3,8-10,14,16H,1,4-7H2,2H3,(H,15,17)/p+1/t8-,9-,10+,13-/m1/s1. The topological polar surface area (TPSA) is 92.2 Å². The van der Waals surface area contributed by atoms with Crippen LogP contribution in [0.1, 0.15) is 19.8 Å². The van der Waals surface area contributed by atoms with E-state index in [2.05, 4.69) is 11.9 Å². The van der Waals surface area contributed by atoms with Gasteiger partial charge in [0, 0.05) is 12.3 Å². The molecule has 1 saturated heterocycles. The van der Waals surface area contributed by atoms with Crippen molar-refractivity contribution in [3.8, 4) is 0 Å². The second kappa shape index (κ2) is 5.30. The van der Waals surface area contributed by atoms with Crippen LogP contribution in [0, 0.1) is 5.92 Å². The molecule has 0 aromatic carbocycles. The smallest absolute Gasteiger partial charge is 0.332 e. The zero-order valence-electron chi connectivity index (χ0n) is 11.1. The van der Waals surface area contributed by atoms with Crippen LogP contribution in [0.5, 0.6) is 0 Å². The van der Waals surface area contributed by atoms with Gasteiger partial charge in [-0.3, -0.25) is 4.79 Å². The molecule has 1 saturated carbocycles. The quantitative estimate of drug-likeness (QED) is 0.410. The van der Waals surface area contributed by atoms with Gasteiger partial charge in [-0.1, -0.05) is 6.08 Å². The Labute approximate surface area is 112 Å². The Morgan fingerprint density at radius 1 is 1.63 bits per heavy atom. The molecule has 1 amide bonds. The lowest BCUT2D eigenvalue weighted by atomic mass is 10.1. The van der Waals surface area contributed by atoms with Crippen LogP contribution in [0.4, 0.5) is 0 Å². The number of nitrogens with one attached hydrogen (secondary N) is 1. The highest BCUT2D eigenvalue weighted by Crippen LogP contribution is 2.45. The Bertz CT molecular complexity index is 398. The van der Waals surface area contributed by atoms with Crippen LogP contribution in [0.3, 0.4) is 0 Å². The Balaban J connectivity index is 2.00.